The summed E-state index contributed by atoms with van der Waals surface area (Å²) in [5.74, 6) is -1.06. The number of amides is 4. The summed E-state index contributed by atoms with van der Waals surface area (Å²) in [5, 5.41) is 9.66. The van der Waals surface area contributed by atoms with Gasteiger partial charge in [-0.3, -0.25) is 4.79 Å². The summed E-state index contributed by atoms with van der Waals surface area (Å²) >= 11 is 0.674. The van der Waals surface area contributed by atoms with Gasteiger partial charge in [-0.2, -0.15) is 0 Å². The van der Waals surface area contributed by atoms with Crippen LogP contribution >= 0.6 is 8.31 Å². The van der Waals surface area contributed by atoms with Crippen LogP contribution in [0.5, 0.6) is 0 Å². The van der Waals surface area contributed by atoms with E-state index >= 15 is 0 Å². The molecule has 0 fully saturated rings. The molecule has 0 saturated heterocycles. The van der Waals surface area contributed by atoms with Crippen LogP contribution in [-0.2, 0) is 19.2 Å². The minimum atomic E-state index is -0.466. The third-order valence-electron chi connectivity index (χ3n) is 1.93. The second kappa shape index (κ2) is 11.9. The van der Waals surface area contributed by atoms with E-state index < -0.39 is 11.8 Å². The Morgan fingerprint density at radius 3 is 1.60 bits per heavy atom. The van der Waals surface area contributed by atoms with Gasteiger partial charge in [0.1, 0.15) is 0 Å². The first kappa shape index (κ1) is 19.2. The molecule has 4 amide bonds. The van der Waals surface area contributed by atoms with Gasteiger partial charge in [-0.25, -0.2) is 0 Å². The van der Waals surface area contributed by atoms with Crippen LogP contribution in [-0.4, -0.2) is 79.8 Å². The van der Waals surface area contributed by atoms with Crippen molar-refractivity contribution in [1.82, 2.24) is 21.3 Å². The summed E-state index contributed by atoms with van der Waals surface area (Å²) < 4.78 is 0. The van der Waals surface area contributed by atoms with Crippen molar-refractivity contribution in [1.29, 1.82) is 0 Å². The molecule has 8 nitrogen and oxygen atoms in total. The van der Waals surface area contributed by atoms with Crippen molar-refractivity contribution < 1.29 is 19.2 Å². The Hall–Kier alpha value is -0.848. The van der Waals surface area contributed by atoms with Crippen molar-refractivity contribution in [2.24, 2.45) is 0 Å². The van der Waals surface area contributed by atoms with Gasteiger partial charge in [0.15, 0.2) is 0 Å². The summed E-state index contributed by atoms with van der Waals surface area (Å²) in [6, 6.07) is 0. The van der Waals surface area contributed by atoms with Crippen LogP contribution in [0, 0.1) is 0 Å². The molecule has 0 heterocycles. The predicted octanol–water partition coefficient (Wildman–Crippen LogP) is -2.71. The van der Waals surface area contributed by atoms with Crippen molar-refractivity contribution in [2.45, 2.75) is 6.92 Å². The normalized spacial score (nSPS) is 9.40. The third kappa shape index (κ3) is 11.0. The average Bonchev–Trinajstić information content (AvgIpc) is 2.41. The monoisotopic (exact) mass is 494 g/mol. The van der Waals surface area contributed by atoms with Crippen LogP contribution in [0.2, 0.25) is 0 Å². The van der Waals surface area contributed by atoms with Gasteiger partial charge in [0.25, 0.3) is 0 Å². The number of nitrogens with one attached hydrogen (secondary N) is 4. The Morgan fingerprint density at radius 1 is 0.800 bits per heavy atom. The molecule has 0 aromatic carbocycles. The van der Waals surface area contributed by atoms with Gasteiger partial charge in [-0.05, 0) is 6.92 Å². The molecular weight excluding hydrogens is 477 g/mol. The molecule has 0 aliphatic heterocycles. The molecule has 0 unspecified atom stereocenters. The zero-order valence-electron chi connectivity index (χ0n) is 11.2. The molecule has 0 spiro atoms. The third-order valence-corrected chi connectivity index (χ3v) is 4.30. The number of hydrogen-bond donors (Lipinski definition) is 4. The van der Waals surface area contributed by atoms with Crippen LogP contribution in [0.15, 0.2) is 0 Å². The van der Waals surface area contributed by atoms with E-state index in [9.17, 15) is 19.2 Å². The summed E-state index contributed by atoms with van der Waals surface area (Å²) in [4.78, 5) is 44.8. The molecule has 0 bridgehead atoms. The second-order valence-electron chi connectivity index (χ2n) is 3.59. The average molecular weight is 494 g/mol. The van der Waals surface area contributed by atoms with Gasteiger partial charge in [-0.15, -0.1) is 0 Å². The maximum atomic E-state index is 11.3. The minimum absolute atomic E-state index is 0.127. The van der Waals surface area contributed by atoms with Crippen LogP contribution in [0.3, 0.4) is 0 Å². The summed E-state index contributed by atoms with van der Waals surface area (Å²) in [6.07, 6.45) is 0. The molecule has 0 atom stereocenters. The zero-order chi connectivity index (χ0) is 15.4. The van der Waals surface area contributed by atoms with E-state index in [0.29, 0.717) is 36.6 Å². The topological polar surface area (TPSA) is 116 Å². The van der Waals surface area contributed by atoms with Gasteiger partial charge in [0.05, 0.1) is 0 Å². The summed E-state index contributed by atoms with van der Waals surface area (Å²) in [6.45, 7) is 1.74. The predicted molar refractivity (Wildman–Crippen MR) is 75.9 cm³/mol. The molecule has 0 aliphatic carbocycles. The Bertz CT molecular complexity index is 333. The fourth-order valence-electron chi connectivity index (χ4n) is 1.05. The number of rotatable bonds is 9. The first-order valence-electron chi connectivity index (χ1n) is 5.88. The molecule has 110 valence electrons. The first-order chi connectivity index (χ1) is 9.49. The Kier molecular flexibility index (Phi) is 11.4. The molecule has 10 heteroatoms. The van der Waals surface area contributed by atoms with E-state index in [4.69, 9.17) is 0 Å². The SMILES string of the molecule is CCNC(=O)CNC(=O)CNC(=O)CNC(=O)C[S][Tl]. The molecular formula is C10H17N4O4STl. The van der Waals surface area contributed by atoms with Crippen LogP contribution in [0.25, 0.3) is 0 Å². The Balaban J connectivity index is 3.70. The van der Waals surface area contributed by atoms with E-state index in [1.165, 1.54) is 8.31 Å². The fraction of sp³-hybridized carbons (Fsp3) is 0.600. The second-order valence-corrected chi connectivity index (χ2v) is 8.10. The molecule has 0 radical (unpaired) electrons. The molecule has 4 N–H and O–H groups in total. The van der Waals surface area contributed by atoms with E-state index in [1.54, 1.807) is 6.92 Å². The molecule has 0 aliphatic rings. The van der Waals surface area contributed by atoms with Gasteiger partial charge in [0.2, 0.25) is 0 Å². The van der Waals surface area contributed by atoms with E-state index in [2.05, 4.69) is 21.3 Å². The number of hydrogen-bond acceptors (Lipinski definition) is 5. The quantitative estimate of drug-likeness (QED) is 0.261. The summed E-state index contributed by atoms with van der Waals surface area (Å²) in [5.41, 5.74) is 0. The van der Waals surface area contributed by atoms with Crippen LogP contribution < -0.4 is 21.3 Å². The summed E-state index contributed by atoms with van der Waals surface area (Å²) in [7, 11) is 1.51. The Labute approximate surface area is 135 Å². The van der Waals surface area contributed by atoms with Gasteiger partial charge in [-0.1, -0.05) is 0 Å². The van der Waals surface area contributed by atoms with Crippen molar-refractivity contribution in [3.8, 4) is 0 Å². The van der Waals surface area contributed by atoms with E-state index in [1.807, 2.05) is 0 Å². The van der Waals surface area contributed by atoms with Crippen molar-refractivity contribution in [2.75, 3.05) is 31.9 Å². The number of carbonyl (C=O) groups excluding carboxylic acids is 4. The van der Waals surface area contributed by atoms with E-state index in [0.717, 1.165) is 0 Å². The fourth-order valence-corrected chi connectivity index (χ4v) is 3.07. The molecule has 20 heavy (non-hydrogen) atoms. The number of likely N-dealkylation sites (N-methyl/N-ethyl adjacent to an activating group) is 1. The maximum absolute atomic E-state index is 11.3. The number of carbonyl (C=O) groups is 4. The first-order valence-corrected chi connectivity index (χ1v) is 12.4. The van der Waals surface area contributed by atoms with Crippen LogP contribution in [0.4, 0.5) is 0 Å². The van der Waals surface area contributed by atoms with Crippen LogP contribution in [0.1, 0.15) is 6.92 Å². The molecule has 0 rings (SSSR count). The van der Waals surface area contributed by atoms with Crippen molar-refractivity contribution in [3.05, 3.63) is 0 Å². The zero-order valence-corrected chi connectivity index (χ0v) is 16.5. The van der Waals surface area contributed by atoms with Crippen molar-refractivity contribution in [3.63, 3.8) is 0 Å². The standard InChI is InChI=1S/C10H18N4O4S.Tl/c1-2-11-7(15)3-12-8(16)4-13-9(17)5-14-10(18)6-19;/h19H,2-6H2,1H3,(H,11,15)(H,12,16)(H,13,17)(H,14,18);/q;+1/p-1. The van der Waals surface area contributed by atoms with Gasteiger partial charge >= 0.3 is 112 Å². The van der Waals surface area contributed by atoms with Gasteiger partial charge in [0, 0.05) is 6.54 Å². The molecule has 0 aromatic rings. The van der Waals surface area contributed by atoms with Crippen molar-refractivity contribution >= 4 is 56.2 Å². The Morgan fingerprint density at radius 2 is 1.20 bits per heavy atom. The van der Waals surface area contributed by atoms with E-state index in [-0.39, 0.29) is 31.4 Å². The molecule has 0 saturated carbocycles. The molecule has 0 aromatic heterocycles. The van der Waals surface area contributed by atoms with Gasteiger partial charge < -0.3 is 5.32 Å².